The van der Waals surface area contributed by atoms with Gasteiger partial charge in [0.05, 0.1) is 32.2 Å². The Labute approximate surface area is 196 Å². The Morgan fingerprint density at radius 3 is 2.66 bits per heavy atom. The summed E-state index contributed by atoms with van der Waals surface area (Å²) in [5.41, 5.74) is 6.45. The first-order valence-corrected chi connectivity index (χ1v) is 12.5. The van der Waals surface area contributed by atoms with Gasteiger partial charge in [-0.1, -0.05) is 32.0 Å². The minimum Gasteiger partial charge on any atom is -0.491 e. The monoisotopic (exact) mass is 471 g/mol. The van der Waals surface area contributed by atoms with Crippen LogP contribution in [0.4, 0.5) is 0 Å². The third kappa shape index (κ3) is 15.4. The van der Waals surface area contributed by atoms with Crippen molar-refractivity contribution in [2.75, 3.05) is 64.2 Å². The molecule has 1 rings (SSSR count). The van der Waals surface area contributed by atoms with Gasteiger partial charge in [0.15, 0.2) is 0 Å². The number of para-hydroxylation sites is 1. The average molecular weight is 472 g/mol. The average Bonchev–Trinajstić information content (AvgIpc) is 2.78. The normalized spacial score (nSPS) is 12.2. The van der Waals surface area contributed by atoms with Crippen LogP contribution in [0.1, 0.15) is 25.8 Å². The summed E-state index contributed by atoms with van der Waals surface area (Å²) in [7, 11) is 0. The third-order valence-electron chi connectivity index (χ3n) is 4.34. The number of hydrogen-bond acceptors (Lipinski definition) is 8. The second-order valence-corrected chi connectivity index (χ2v) is 8.76. The Balaban J connectivity index is 2.12. The van der Waals surface area contributed by atoms with E-state index in [1.165, 1.54) is 0 Å². The van der Waals surface area contributed by atoms with Crippen molar-refractivity contribution in [2.24, 2.45) is 5.73 Å². The van der Waals surface area contributed by atoms with Crippen molar-refractivity contribution in [3.05, 3.63) is 29.8 Å². The molecule has 0 saturated carbocycles. The first-order valence-electron chi connectivity index (χ1n) is 11.3. The number of hydrogen-bond donors (Lipinski definition) is 4. The molecule has 1 aromatic rings. The molecule has 0 radical (unpaired) electrons. The second kappa shape index (κ2) is 19.1. The molecule has 0 spiro atoms. The van der Waals surface area contributed by atoms with Crippen LogP contribution in [-0.2, 0) is 20.7 Å². The Bertz CT molecular complexity index is 607. The topological polar surface area (TPSA) is 115 Å². The lowest BCUT2D eigenvalue weighted by atomic mass is 10.1. The fourth-order valence-electron chi connectivity index (χ4n) is 2.72. The van der Waals surface area contributed by atoms with Gasteiger partial charge in [-0.05, 0) is 30.2 Å². The molecular weight excluding hydrogens is 430 g/mol. The molecule has 8 nitrogen and oxygen atoms in total. The summed E-state index contributed by atoms with van der Waals surface area (Å²) in [6.45, 7) is 7.90. The summed E-state index contributed by atoms with van der Waals surface area (Å²) in [5, 5.41) is 16.1. The van der Waals surface area contributed by atoms with E-state index >= 15 is 0 Å². The van der Waals surface area contributed by atoms with Crippen LogP contribution in [0.2, 0.25) is 0 Å². The molecule has 9 heteroatoms. The van der Waals surface area contributed by atoms with E-state index in [4.69, 9.17) is 19.9 Å². The molecule has 0 bridgehead atoms. The standard InChI is InChI=1S/C23H41N3O5S/c1-19(2)26-16-21(27)17-31-22-8-4-3-6-20(22)7-5-15-32-18-23(28)25-10-12-30-14-13-29-11-9-24/h3-4,6,8,19,21,26-27H,5,7,9-18,24H2,1-2H3,(H,25,28). The highest BCUT2D eigenvalue weighted by Gasteiger charge is 2.09. The molecule has 5 N–H and O–H groups in total. The zero-order valence-corrected chi connectivity index (χ0v) is 20.3. The van der Waals surface area contributed by atoms with Gasteiger partial charge in [-0.3, -0.25) is 4.79 Å². The molecule has 0 saturated heterocycles. The number of ether oxygens (including phenoxy) is 3. The van der Waals surface area contributed by atoms with Gasteiger partial charge < -0.3 is 35.7 Å². The number of amides is 1. The van der Waals surface area contributed by atoms with Crippen LogP contribution in [0.3, 0.4) is 0 Å². The number of nitrogens with one attached hydrogen (secondary N) is 2. The van der Waals surface area contributed by atoms with E-state index in [0.717, 1.165) is 29.9 Å². The summed E-state index contributed by atoms with van der Waals surface area (Å²) in [5.74, 6) is 2.16. The van der Waals surface area contributed by atoms with Crippen LogP contribution in [0.5, 0.6) is 5.75 Å². The zero-order chi connectivity index (χ0) is 23.4. The first-order chi connectivity index (χ1) is 15.5. The van der Waals surface area contributed by atoms with E-state index in [1.807, 2.05) is 38.1 Å². The molecule has 0 fully saturated rings. The van der Waals surface area contributed by atoms with Crippen LogP contribution in [0.25, 0.3) is 0 Å². The highest BCUT2D eigenvalue weighted by molar-refractivity contribution is 7.99. The Hall–Kier alpha value is -1.36. The number of rotatable bonds is 20. The summed E-state index contributed by atoms with van der Waals surface area (Å²) >= 11 is 1.62. The molecule has 0 aliphatic rings. The molecule has 1 amide bonds. The van der Waals surface area contributed by atoms with Crippen molar-refractivity contribution in [2.45, 2.75) is 38.8 Å². The lowest BCUT2D eigenvalue weighted by Crippen LogP contribution is -2.35. The van der Waals surface area contributed by atoms with Crippen molar-refractivity contribution >= 4 is 17.7 Å². The SMILES string of the molecule is CC(C)NCC(O)COc1ccccc1CCCSCC(=O)NCCOCCOCCN. The summed E-state index contributed by atoms with van der Waals surface area (Å²) in [4.78, 5) is 11.9. The lowest BCUT2D eigenvalue weighted by molar-refractivity contribution is -0.118. The highest BCUT2D eigenvalue weighted by Crippen LogP contribution is 2.20. The van der Waals surface area contributed by atoms with Crippen molar-refractivity contribution in [1.82, 2.24) is 10.6 Å². The number of thioether (sulfide) groups is 1. The van der Waals surface area contributed by atoms with Gasteiger partial charge in [0.2, 0.25) is 5.91 Å². The van der Waals surface area contributed by atoms with Gasteiger partial charge in [0.1, 0.15) is 18.5 Å². The highest BCUT2D eigenvalue weighted by atomic mass is 32.2. The summed E-state index contributed by atoms with van der Waals surface area (Å²) < 4.78 is 16.4. The number of benzene rings is 1. The van der Waals surface area contributed by atoms with E-state index in [2.05, 4.69) is 10.6 Å². The van der Waals surface area contributed by atoms with E-state index < -0.39 is 6.10 Å². The molecule has 0 aromatic heterocycles. The number of carbonyl (C=O) groups excluding carboxylic acids is 1. The zero-order valence-electron chi connectivity index (χ0n) is 19.5. The predicted octanol–water partition coefficient (Wildman–Crippen LogP) is 1.20. The lowest BCUT2D eigenvalue weighted by Gasteiger charge is -2.16. The first kappa shape index (κ1) is 28.7. The number of aliphatic hydroxyl groups excluding tert-OH is 1. The number of aryl methyl sites for hydroxylation is 1. The fraction of sp³-hybridized carbons (Fsp3) is 0.696. The van der Waals surface area contributed by atoms with Crippen molar-refractivity contribution in [3.63, 3.8) is 0 Å². The van der Waals surface area contributed by atoms with Gasteiger partial charge in [-0.2, -0.15) is 11.8 Å². The molecule has 0 aliphatic heterocycles. The third-order valence-corrected chi connectivity index (χ3v) is 5.38. The van der Waals surface area contributed by atoms with Gasteiger partial charge in [0, 0.05) is 25.7 Å². The van der Waals surface area contributed by atoms with Crippen LogP contribution in [0.15, 0.2) is 24.3 Å². The largest absolute Gasteiger partial charge is 0.491 e. The molecule has 0 heterocycles. The number of aliphatic hydroxyl groups is 1. The maximum Gasteiger partial charge on any atom is 0.230 e. The van der Waals surface area contributed by atoms with Gasteiger partial charge in [-0.15, -0.1) is 0 Å². The molecule has 0 aliphatic carbocycles. The smallest absolute Gasteiger partial charge is 0.230 e. The molecular formula is C23H41N3O5S. The van der Waals surface area contributed by atoms with Crippen LogP contribution in [0, 0.1) is 0 Å². The van der Waals surface area contributed by atoms with Crippen molar-refractivity contribution in [3.8, 4) is 5.75 Å². The second-order valence-electron chi connectivity index (χ2n) is 7.66. The fourth-order valence-corrected chi connectivity index (χ4v) is 3.50. The number of carbonyl (C=O) groups is 1. The minimum absolute atomic E-state index is 0.0192. The van der Waals surface area contributed by atoms with E-state index in [0.29, 0.717) is 57.9 Å². The Morgan fingerprint density at radius 1 is 1.16 bits per heavy atom. The maximum absolute atomic E-state index is 11.9. The van der Waals surface area contributed by atoms with Gasteiger partial charge in [0.25, 0.3) is 0 Å². The maximum atomic E-state index is 11.9. The quantitative estimate of drug-likeness (QED) is 0.210. The minimum atomic E-state index is -0.547. The number of nitrogens with two attached hydrogens (primary N) is 1. The van der Waals surface area contributed by atoms with E-state index in [9.17, 15) is 9.90 Å². The van der Waals surface area contributed by atoms with Crippen LogP contribution in [-0.4, -0.2) is 87.3 Å². The summed E-state index contributed by atoms with van der Waals surface area (Å²) in [6, 6.07) is 8.24. The van der Waals surface area contributed by atoms with Crippen molar-refractivity contribution < 1.29 is 24.1 Å². The predicted molar refractivity (Wildman–Crippen MR) is 130 cm³/mol. The van der Waals surface area contributed by atoms with Gasteiger partial charge >= 0.3 is 0 Å². The molecule has 184 valence electrons. The van der Waals surface area contributed by atoms with E-state index in [-0.39, 0.29) is 12.5 Å². The molecule has 1 atom stereocenters. The Morgan fingerprint density at radius 2 is 1.91 bits per heavy atom. The van der Waals surface area contributed by atoms with Crippen molar-refractivity contribution in [1.29, 1.82) is 0 Å². The van der Waals surface area contributed by atoms with Gasteiger partial charge in [-0.25, -0.2) is 0 Å². The van der Waals surface area contributed by atoms with Crippen LogP contribution < -0.4 is 21.1 Å². The summed E-state index contributed by atoms with van der Waals surface area (Å²) in [6.07, 6.45) is 1.27. The van der Waals surface area contributed by atoms with Crippen LogP contribution >= 0.6 is 11.8 Å². The molecule has 1 unspecified atom stereocenters. The Kier molecular flexibility index (Phi) is 17.2. The van der Waals surface area contributed by atoms with E-state index in [1.54, 1.807) is 11.8 Å². The molecule has 32 heavy (non-hydrogen) atoms. The molecule has 1 aromatic carbocycles.